The number of hydrogen-bond donors (Lipinski definition) is 0. The van der Waals surface area contributed by atoms with Crippen LogP contribution in [-0.2, 0) is 9.53 Å². The number of anilines is 1. The number of nitrogens with zero attached hydrogens (tertiary/aromatic N) is 3. The van der Waals surface area contributed by atoms with Gasteiger partial charge in [0.15, 0.2) is 5.78 Å². The fourth-order valence-corrected chi connectivity index (χ4v) is 4.48. The first-order chi connectivity index (χ1) is 16.8. The largest absolute Gasteiger partial charge is 0.462 e. The number of fused-ring (bicyclic) bond motifs is 2. The molecule has 1 aliphatic heterocycles. The normalized spacial score (nSPS) is 14.1. The van der Waals surface area contributed by atoms with E-state index in [0.717, 1.165) is 5.56 Å². The lowest BCUT2D eigenvalue weighted by molar-refractivity contribution is -0.138. The summed E-state index contributed by atoms with van der Waals surface area (Å²) in [7, 11) is 0. The van der Waals surface area contributed by atoms with E-state index in [1.165, 1.54) is 28.7 Å². The standard InChI is InChI=1S/C26H23Cl2N3O4/c1-4-10-30-21(14-22(32)17-9-8-16(27)12-20(17)28)18(26(34)35-5-2)13-19-24(30)29-23-15(3)7-6-11-31(23)25(19)33/h6-9,11-14H,4-5,10H2,1-3H3. The molecule has 0 spiro atoms. The van der Waals surface area contributed by atoms with Crippen molar-refractivity contribution < 1.29 is 14.3 Å². The zero-order valence-corrected chi connectivity index (χ0v) is 21.0. The molecule has 0 bridgehead atoms. The first-order valence-electron chi connectivity index (χ1n) is 11.2. The first-order valence-corrected chi connectivity index (χ1v) is 11.9. The topological polar surface area (TPSA) is 81.0 Å². The maximum absolute atomic E-state index is 13.4. The van der Waals surface area contributed by atoms with Gasteiger partial charge in [-0.15, -0.1) is 0 Å². The minimum absolute atomic E-state index is 0.0951. The minimum atomic E-state index is -0.644. The SMILES string of the molecule is CCCN1C(=CC(=O)c2ccc(Cl)cc2Cl)C(C(=O)OCC)=Cc2c1nc1c(C)cccn1c2=O. The predicted molar refractivity (Wildman–Crippen MR) is 137 cm³/mol. The fourth-order valence-electron chi connectivity index (χ4n) is 3.98. The molecule has 1 aromatic carbocycles. The van der Waals surface area contributed by atoms with Gasteiger partial charge < -0.3 is 9.64 Å². The molecule has 0 aliphatic carbocycles. The lowest BCUT2D eigenvalue weighted by Crippen LogP contribution is -2.35. The highest BCUT2D eigenvalue weighted by atomic mass is 35.5. The van der Waals surface area contributed by atoms with E-state index >= 15 is 0 Å². The summed E-state index contributed by atoms with van der Waals surface area (Å²) in [5.74, 6) is -0.690. The van der Waals surface area contributed by atoms with Crippen molar-refractivity contribution in [3.05, 3.63) is 91.0 Å². The minimum Gasteiger partial charge on any atom is -0.462 e. The van der Waals surface area contributed by atoms with Crippen molar-refractivity contribution in [3.63, 3.8) is 0 Å². The Kier molecular flexibility index (Phi) is 7.10. The number of benzene rings is 1. The number of carbonyl (C=O) groups excluding carboxylic acids is 2. The van der Waals surface area contributed by atoms with Gasteiger partial charge in [0.25, 0.3) is 5.56 Å². The van der Waals surface area contributed by atoms with Gasteiger partial charge in [-0.1, -0.05) is 36.2 Å². The average Bonchev–Trinajstić information content (AvgIpc) is 2.81. The molecule has 3 aromatic rings. The van der Waals surface area contributed by atoms with Crippen molar-refractivity contribution in [2.75, 3.05) is 18.1 Å². The number of esters is 1. The van der Waals surface area contributed by atoms with Crippen LogP contribution in [0.15, 0.2) is 58.7 Å². The van der Waals surface area contributed by atoms with E-state index in [-0.39, 0.29) is 33.9 Å². The fraction of sp³-hybridized carbons (Fsp3) is 0.231. The third-order valence-corrected chi connectivity index (χ3v) is 6.13. The van der Waals surface area contributed by atoms with Crippen LogP contribution in [0.25, 0.3) is 11.7 Å². The van der Waals surface area contributed by atoms with Crippen molar-refractivity contribution in [1.82, 2.24) is 9.38 Å². The van der Waals surface area contributed by atoms with Crippen molar-refractivity contribution in [2.24, 2.45) is 0 Å². The Morgan fingerprint density at radius 2 is 1.94 bits per heavy atom. The number of ether oxygens (including phenoxy) is 1. The van der Waals surface area contributed by atoms with Crippen molar-refractivity contribution in [2.45, 2.75) is 27.2 Å². The van der Waals surface area contributed by atoms with Gasteiger partial charge in [-0.25, -0.2) is 9.78 Å². The molecule has 180 valence electrons. The molecule has 0 atom stereocenters. The Labute approximate surface area is 212 Å². The second-order valence-corrected chi connectivity index (χ2v) is 8.83. The molecular formula is C26H23Cl2N3O4. The molecule has 0 saturated carbocycles. The van der Waals surface area contributed by atoms with Crippen LogP contribution < -0.4 is 10.5 Å². The quantitative estimate of drug-likeness (QED) is 0.255. The summed E-state index contributed by atoms with van der Waals surface area (Å²) < 4.78 is 6.72. The van der Waals surface area contributed by atoms with Gasteiger partial charge in [0.2, 0.25) is 0 Å². The summed E-state index contributed by atoms with van der Waals surface area (Å²) in [6, 6.07) is 8.21. The van der Waals surface area contributed by atoms with Gasteiger partial charge in [-0.3, -0.25) is 14.0 Å². The molecule has 3 heterocycles. The Balaban J connectivity index is 1.99. The Bertz CT molecular complexity index is 1470. The van der Waals surface area contributed by atoms with Crippen molar-refractivity contribution in [3.8, 4) is 0 Å². The van der Waals surface area contributed by atoms with E-state index in [1.807, 2.05) is 19.9 Å². The zero-order chi connectivity index (χ0) is 25.3. The van der Waals surface area contributed by atoms with Crippen LogP contribution in [0.1, 0.15) is 41.8 Å². The summed E-state index contributed by atoms with van der Waals surface area (Å²) in [6.07, 6.45) is 5.08. The molecule has 2 aromatic heterocycles. The number of halogens is 2. The molecule has 0 unspecified atom stereocenters. The molecule has 0 fully saturated rings. The second kappa shape index (κ2) is 10.1. The van der Waals surface area contributed by atoms with Gasteiger partial charge in [0.05, 0.1) is 28.5 Å². The zero-order valence-electron chi connectivity index (χ0n) is 19.5. The number of aromatic nitrogens is 2. The van der Waals surface area contributed by atoms with E-state index in [2.05, 4.69) is 0 Å². The number of pyridine rings is 1. The molecule has 0 saturated heterocycles. The van der Waals surface area contributed by atoms with Gasteiger partial charge in [-0.2, -0.15) is 0 Å². The Morgan fingerprint density at radius 3 is 2.63 bits per heavy atom. The second-order valence-electron chi connectivity index (χ2n) is 7.99. The molecule has 0 N–H and O–H groups in total. The maximum atomic E-state index is 13.4. The van der Waals surface area contributed by atoms with Crippen LogP contribution in [-0.4, -0.2) is 34.3 Å². The van der Waals surface area contributed by atoms with E-state index in [1.54, 1.807) is 30.2 Å². The summed E-state index contributed by atoms with van der Waals surface area (Å²) >= 11 is 12.2. The summed E-state index contributed by atoms with van der Waals surface area (Å²) in [5, 5.41) is 0.592. The summed E-state index contributed by atoms with van der Waals surface area (Å²) in [6.45, 7) is 6.05. The summed E-state index contributed by atoms with van der Waals surface area (Å²) in [5.41, 5.74) is 1.87. The highest BCUT2D eigenvalue weighted by Gasteiger charge is 2.32. The van der Waals surface area contributed by atoms with E-state index < -0.39 is 11.8 Å². The Hall–Kier alpha value is -3.42. The third-order valence-electron chi connectivity index (χ3n) is 5.58. The number of rotatable bonds is 6. The average molecular weight is 512 g/mol. The highest BCUT2D eigenvalue weighted by Crippen LogP contribution is 2.34. The molecule has 1 aliphatic rings. The molecule has 35 heavy (non-hydrogen) atoms. The van der Waals surface area contributed by atoms with Crippen LogP contribution in [0.5, 0.6) is 0 Å². The lowest BCUT2D eigenvalue weighted by atomic mass is 9.99. The van der Waals surface area contributed by atoms with Crippen LogP contribution in [0.2, 0.25) is 10.0 Å². The highest BCUT2D eigenvalue weighted by molar-refractivity contribution is 6.37. The molecule has 9 heteroatoms. The lowest BCUT2D eigenvalue weighted by Gasteiger charge is -2.32. The third kappa shape index (κ3) is 4.61. The van der Waals surface area contributed by atoms with E-state index in [0.29, 0.717) is 35.2 Å². The number of allylic oxidation sites excluding steroid dienone is 1. The number of carbonyl (C=O) groups is 2. The molecule has 4 rings (SSSR count). The smallest absolute Gasteiger partial charge is 0.340 e. The predicted octanol–water partition coefficient (Wildman–Crippen LogP) is 5.25. The van der Waals surface area contributed by atoms with Crippen LogP contribution in [0.4, 0.5) is 5.82 Å². The number of aryl methyl sites for hydroxylation is 1. The Morgan fingerprint density at radius 1 is 1.17 bits per heavy atom. The van der Waals surface area contributed by atoms with E-state index in [9.17, 15) is 14.4 Å². The number of ketones is 1. The van der Waals surface area contributed by atoms with Crippen molar-refractivity contribution >= 4 is 52.5 Å². The number of hydrogen-bond acceptors (Lipinski definition) is 6. The first kappa shape index (κ1) is 24.7. The maximum Gasteiger partial charge on any atom is 0.340 e. The van der Waals surface area contributed by atoms with Gasteiger partial charge in [0, 0.05) is 29.4 Å². The molecule has 0 radical (unpaired) electrons. The van der Waals surface area contributed by atoms with Crippen LogP contribution in [0.3, 0.4) is 0 Å². The molecule has 7 nitrogen and oxygen atoms in total. The molecular weight excluding hydrogens is 489 g/mol. The van der Waals surface area contributed by atoms with Crippen LogP contribution >= 0.6 is 23.2 Å². The van der Waals surface area contributed by atoms with Crippen LogP contribution in [0, 0.1) is 6.92 Å². The van der Waals surface area contributed by atoms with Gasteiger partial charge >= 0.3 is 5.97 Å². The van der Waals surface area contributed by atoms with Gasteiger partial charge in [-0.05, 0) is 56.2 Å². The van der Waals surface area contributed by atoms with Gasteiger partial charge in [0.1, 0.15) is 11.5 Å². The molecule has 0 amide bonds. The monoisotopic (exact) mass is 511 g/mol. The van der Waals surface area contributed by atoms with E-state index in [4.69, 9.17) is 32.9 Å². The summed E-state index contributed by atoms with van der Waals surface area (Å²) in [4.78, 5) is 46.2. The van der Waals surface area contributed by atoms with Crippen molar-refractivity contribution in [1.29, 1.82) is 0 Å².